The van der Waals surface area contributed by atoms with Crippen LogP contribution < -0.4 is 0 Å². The van der Waals surface area contributed by atoms with E-state index in [0.29, 0.717) is 5.78 Å². The van der Waals surface area contributed by atoms with Gasteiger partial charge in [-0.2, -0.15) is 0 Å². The van der Waals surface area contributed by atoms with Gasteiger partial charge in [-0.1, -0.05) is 13.8 Å². The second-order valence-electron chi connectivity index (χ2n) is 5.93. The Labute approximate surface area is 98.4 Å². The Morgan fingerprint density at radius 1 is 1.25 bits per heavy atom. The molecule has 0 amide bonds. The highest BCUT2D eigenvalue weighted by atomic mass is 16.1. The molecular weight excluding hydrogens is 198 g/mol. The number of hydrogen-bond donors (Lipinski definition) is 0. The summed E-state index contributed by atoms with van der Waals surface area (Å²) < 4.78 is 0. The highest BCUT2D eigenvalue weighted by Crippen LogP contribution is 2.57. The van der Waals surface area contributed by atoms with Crippen LogP contribution in [0.1, 0.15) is 39.5 Å². The fourth-order valence-electron chi connectivity index (χ4n) is 4.80. The van der Waals surface area contributed by atoms with E-state index in [2.05, 4.69) is 11.8 Å². The quantitative estimate of drug-likeness (QED) is 0.729. The number of nitrogens with zero attached hydrogens (tertiary/aromatic N) is 1. The molecule has 90 valence electrons. The van der Waals surface area contributed by atoms with Crippen molar-refractivity contribution in [2.24, 2.45) is 23.7 Å². The maximum Gasteiger partial charge on any atom is 0.149 e. The smallest absolute Gasteiger partial charge is 0.149 e. The molecule has 2 saturated carbocycles. The molecule has 16 heavy (non-hydrogen) atoms. The van der Waals surface area contributed by atoms with Crippen molar-refractivity contribution in [3.05, 3.63) is 0 Å². The van der Waals surface area contributed by atoms with Crippen molar-refractivity contribution in [3.8, 4) is 0 Å². The molecule has 5 unspecified atom stereocenters. The van der Waals surface area contributed by atoms with E-state index in [1.54, 1.807) is 0 Å². The Balaban J connectivity index is 1.86. The highest BCUT2D eigenvalue weighted by molar-refractivity contribution is 5.84. The zero-order valence-corrected chi connectivity index (χ0v) is 10.5. The maximum absolute atomic E-state index is 12.2. The largest absolute Gasteiger partial charge is 0.298 e. The third-order valence-corrected chi connectivity index (χ3v) is 5.45. The predicted octanol–water partition coefficient (Wildman–Crippen LogP) is 2.33. The summed E-state index contributed by atoms with van der Waals surface area (Å²) in [5.74, 6) is 3.93. The molecule has 1 aliphatic heterocycles. The van der Waals surface area contributed by atoms with Crippen LogP contribution >= 0.6 is 0 Å². The molecule has 0 aromatic rings. The fourth-order valence-corrected chi connectivity index (χ4v) is 4.80. The van der Waals surface area contributed by atoms with Crippen molar-refractivity contribution < 1.29 is 4.79 Å². The van der Waals surface area contributed by atoms with Gasteiger partial charge in [-0.05, 0) is 49.5 Å². The van der Waals surface area contributed by atoms with Crippen molar-refractivity contribution in [2.45, 2.75) is 45.6 Å². The first-order valence-electron chi connectivity index (χ1n) is 7.03. The van der Waals surface area contributed by atoms with Gasteiger partial charge < -0.3 is 0 Å². The molecule has 0 N–H and O–H groups in total. The van der Waals surface area contributed by atoms with Crippen LogP contribution in [0.2, 0.25) is 0 Å². The van der Waals surface area contributed by atoms with Gasteiger partial charge in [-0.25, -0.2) is 0 Å². The van der Waals surface area contributed by atoms with E-state index in [9.17, 15) is 4.79 Å². The van der Waals surface area contributed by atoms with Crippen molar-refractivity contribution in [1.82, 2.24) is 4.90 Å². The molecule has 1 saturated heterocycles. The van der Waals surface area contributed by atoms with Gasteiger partial charge in [-0.15, -0.1) is 0 Å². The molecule has 3 aliphatic rings. The normalized spacial score (nSPS) is 46.2. The Kier molecular flexibility index (Phi) is 2.58. The average Bonchev–Trinajstić information content (AvgIpc) is 2.97. The van der Waals surface area contributed by atoms with Crippen molar-refractivity contribution in [2.75, 3.05) is 13.1 Å². The molecule has 2 heteroatoms. The number of carbonyl (C=O) groups excluding carboxylic acids is 1. The molecule has 5 atom stereocenters. The molecule has 0 spiro atoms. The minimum atomic E-state index is 0.287. The van der Waals surface area contributed by atoms with Gasteiger partial charge in [0, 0.05) is 13.0 Å². The van der Waals surface area contributed by atoms with Crippen LogP contribution in [0.25, 0.3) is 0 Å². The lowest BCUT2D eigenvalue weighted by Gasteiger charge is -2.29. The molecule has 2 bridgehead atoms. The van der Waals surface area contributed by atoms with Gasteiger partial charge in [0.1, 0.15) is 5.78 Å². The standard InChI is InChI=1S/C14H23NO/c1-3-12(16)14-13-10-6-5-9(7-10)11(13)8-15(14)4-2/h9-11,13-14H,3-8H2,1-2H3. The summed E-state index contributed by atoms with van der Waals surface area (Å²) in [5.41, 5.74) is 0. The third kappa shape index (κ3) is 1.32. The number of Topliss-reactive ketones (excluding diaryl/α,β-unsaturated/α-hetero) is 1. The predicted molar refractivity (Wildman–Crippen MR) is 64.1 cm³/mol. The number of fused-ring (bicyclic) bond motifs is 5. The Morgan fingerprint density at radius 3 is 2.69 bits per heavy atom. The van der Waals surface area contributed by atoms with Crippen molar-refractivity contribution in [1.29, 1.82) is 0 Å². The monoisotopic (exact) mass is 221 g/mol. The molecule has 0 radical (unpaired) electrons. The third-order valence-electron chi connectivity index (χ3n) is 5.45. The average molecular weight is 221 g/mol. The van der Waals surface area contributed by atoms with E-state index in [4.69, 9.17) is 0 Å². The van der Waals surface area contributed by atoms with E-state index in [0.717, 1.165) is 36.6 Å². The lowest BCUT2D eigenvalue weighted by molar-refractivity contribution is -0.124. The van der Waals surface area contributed by atoms with E-state index >= 15 is 0 Å². The molecule has 0 aromatic heterocycles. The first-order valence-corrected chi connectivity index (χ1v) is 7.03. The van der Waals surface area contributed by atoms with E-state index in [-0.39, 0.29) is 6.04 Å². The summed E-state index contributed by atoms with van der Waals surface area (Å²) in [5, 5.41) is 0. The van der Waals surface area contributed by atoms with Gasteiger partial charge in [0.05, 0.1) is 6.04 Å². The fraction of sp³-hybridized carbons (Fsp3) is 0.929. The van der Waals surface area contributed by atoms with Gasteiger partial charge in [0.25, 0.3) is 0 Å². The lowest BCUT2D eigenvalue weighted by atomic mass is 9.77. The van der Waals surface area contributed by atoms with Gasteiger partial charge >= 0.3 is 0 Å². The van der Waals surface area contributed by atoms with Crippen LogP contribution in [0.15, 0.2) is 0 Å². The summed E-state index contributed by atoms with van der Waals surface area (Å²) in [7, 11) is 0. The number of likely N-dealkylation sites (N-methyl/N-ethyl adjacent to an activating group) is 1. The summed E-state index contributed by atoms with van der Waals surface area (Å²) in [6.07, 6.45) is 5.00. The van der Waals surface area contributed by atoms with Crippen LogP contribution in [-0.2, 0) is 4.79 Å². The highest BCUT2D eigenvalue weighted by Gasteiger charge is 2.57. The summed E-state index contributed by atoms with van der Waals surface area (Å²) in [6, 6.07) is 0.287. The molecule has 1 heterocycles. The number of ketones is 1. The summed E-state index contributed by atoms with van der Waals surface area (Å²) in [4.78, 5) is 14.6. The molecule has 2 nitrogen and oxygen atoms in total. The van der Waals surface area contributed by atoms with Crippen LogP contribution in [0, 0.1) is 23.7 Å². The molecule has 2 aliphatic carbocycles. The molecule has 3 rings (SSSR count). The minimum Gasteiger partial charge on any atom is -0.298 e. The van der Waals surface area contributed by atoms with Gasteiger partial charge in [0.2, 0.25) is 0 Å². The van der Waals surface area contributed by atoms with Crippen LogP contribution in [0.5, 0.6) is 0 Å². The second-order valence-corrected chi connectivity index (χ2v) is 5.93. The van der Waals surface area contributed by atoms with Crippen molar-refractivity contribution in [3.63, 3.8) is 0 Å². The number of rotatable bonds is 3. The Hall–Kier alpha value is -0.370. The lowest BCUT2D eigenvalue weighted by Crippen LogP contribution is -2.41. The Bertz CT molecular complexity index is 301. The van der Waals surface area contributed by atoms with E-state index in [1.807, 2.05) is 6.92 Å². The second kappa shape index (κ2) is 3.83. The maximum atomic E-state index is 12.2. The summed E-state index contributed by atoms with van der Waals surface area (Å²) in [6.45, 7) is 6.50. The van der Waals surface area contributed by atoms with Crippen LogP contribution in [0.3, 0.4) is 0 Å². The zero-order valence-electron chi connectivity index (χ0n) is 10.5. The Morgan fingerprint density at radius 2 is 2.00 bits per heavy atom. The van der Waals surface area contributed by atoms with Gasteiger partial charge in [-0.3, -0.25) is 9.69 Å². The molecule has 0 aromatic carbocycles. The van der Waals surface area contributed by atoms with Crippen LogP contribution in [-0.4, -0.2) is 29.8 Å². The van der Waals surface area contributed by atoms with E-state index in [1.165, 1.54) is 25.8 Å². The number of hydrogen-bond acceptors (Lipinski definition) is 2. The van der Waals surface area contributed by atoms with Crippen LogP contribution in [0.4, 0.5) is 0 Å². The SMILES string of the molecule is CCC(=O)C1C2C3CCC(C3)C2CN1CC. The zero-order chi connectivity index (χ0) is 11.3. The minimum absolute atomic E-state index is 0.287. The summed E-state index contributed by atoms with van der Waals surface area (Å²) >= 11 is 0. The molecular formula is C14H23NO. The number of carbonyl (C=O) groups is 1. The van der Waals surface area contributed by atoms with Crippen molar-refractivity contribution >= 4 is 5.78 Å². The van der Waals surface area contributed by atoms with E-state index < -0.39 is 0 Å². The number of likely N-dealkylation sites (tertiary alicyclic amines) is 1. The topological polar surface area (TPSA) is 20.3 Å². The molecule has 3 fully saturated rings. The first-order chi connectivity index (χ1) is 7.76. The van der Waals surface area contributed by atoms with Gasteiger partial charge in [0.15, 0.2) is 0 Å². The first kappa shape index (κ1) is 10.8.